The minimum atomic E-state index is -3.86. The lowest BCUT2D eigenvalue weighted by Crippen LogP contribution is -2.39. The molecule has 0 spiro atoms. The molecule has 1 N–H and O–H groups in total. The fourth-order valence-corrected chi connectivity index (χ4v) is 4.83. The molecule has 8 nitrogen and oxygen atoms in total. The van der Waals surface area contributed by atoms with E-state index in [1.165, 1.54) is 12.1 Å². The van der Waals surface area contributed by atoms with Crippen LogP contribution in [0.3, 0.4) is 0 Å². The van der Waals surface area contributed by atoms with E-state index in [2.05, 4.69) is 45.3 Å². The Morgan fingerprint density at radius 3 is 2.26 bits per heavy atom. The number of anilines is 2. The Kier molecular flexibility index (Phi) is 5.53. The van der Waals surface area contributed by atoms with Crippen molar-refractivity contribution in [3.05, 3.63) is 60.7 Å². The molecule has 1 fully saturated rings. The van der Waals surface area contributed by atoms with Crippen LogP contribution in [0.4, 0.5) is 11.9 Å². The molecule has 2 aromatic carbocycles. The van der Waals surface area contributed by atoms with Crippen LogP contribution in [0.15, 0.2) is 65.6 Å². The largest absolute Gasteiger partial charge is 0.424 e. The Hall–Kier alpha value is -3.20. The van der Waals surface area contributed by atoms with Crippen LogP contribution in [0.5, 0.6) is 11.8 Å². The van der Waals surface area contributed by atoms with Gasteiger partial charge in [-0.1, -0.05) is 43.3 Å². The van der Waals surface area contributed by atoms with Crippen LogP contribution in [0.2, 0.25) is 0 Å². The summed E-state index contributed by atoms with van der Waals surface area (Å²) in [7, 11) is -3.86. The van der Waals surface area contributed by atoms with Crippen molar-refractivity contribution in [2.75, 3.05) is 16.2 Å². The lowest BCUT2D eigenvalue weighted by Gasteiger charge is -2.31. The maximum atomic E-state index is 12.8. The third-order valence-corrected chi connectivity index (χ3v) is 6.49. The molecule has 1 aliphatic heterocycles. The SMILES string of the molecule is CC1CN(c2nc(NS(=O)(=O)c3ccccc3)nc(Oc3ccccc3)n2)C(C)(C)C1. The van der Waals surface area contributed by atoms with Gasteiger partial charge in [-0.3, -0.25) is 0 Å². The van der Waals surface area contributed by atoms with Crippen molar-refractivity contribution in [1.82, 2.24) is 15.0 Å². The van der Waals surface area contributed by atoms with E-state index >= 15 is 0 Å². The van der Waals surface area contributed by atoms with Gasteiger partial charge in [0.15, 0.2) is 0 Å². The summed E-state index contributed by atoms with van der Waals surface area (Å²) in [5, 5.41) is 0. The highest BCUT2D eigenvalue weighted by Crippen LogP contribution is 2.36. The van der Waals surface area contributed by atoms with Crippen LogP contribution in [-0.2, 0) is 10.0 Å². The number of sulfonamides is 1. The van der Waals surface area contributed by atoms with Gasteiger partial charge in [0, 0.05) is 12.1 Å². The number of nitrogens with one attached hydrogen (secondary N) is 1. The number of benzene rings is 2. The van der Waals surface area contributed by atoms with Gasteiger partial charge in [0.25, 0.3) is 10.0 Å². The fourth-order valence-electron chi connectivity index (χ4n) is 3.87. The minimum Gasteiger partial charge on any atom is -0.424 e. The zero-order valence-electron chi connectivity index (χ0n) is 17.7. The van der Waals surface area contributed by atoms with E-state index < -0.39 is 10.0 Å². The third-order valence-electron chi connectivity index (χ3n) is 5.15. The quantitative estimate of drug-likeness (QED) is 0.618. The van der Waals surface area contributed by atoms with E-state index in [0.717, 1.165) is 13.0 Å². The number of ether oxygens (including phenoxy) is 1. The second-order valence-corrected chi connectivity index (χ2v) is 9.99. The van der Waals surface area contributed by atoms with Gasteiger partial charge in [0.1, 0.15) is 5.75 Å². The molecule has 1 unspecified atom stereocenters. The van der Waals surface area contributed by atoms with Crippen molar-refractivity contribution in [2.45, 2.75) is 37.6 Å². The molecule has 1 atom stereocenters. The predicted octanol–water partition coefficient (Wildman–Crippen LogP) is 4.09. The van der Waals surface area contributed by atoms with E-state index in [-0.39, 0.29) is 22.4 Å². The summed E-state index contributed by atoms with van der Waals surface area (Å²) in [5.41, 5.74) is -0.180. The molecule has 1 aliphatic rings. The Labute approximate surface area is 182 Å². The number of hydrogen-bond donors (Lipinski definition) is 1. The van der Waals surface area contributed by atoms with Gasteiger partial charge in [-0.15, -0.1) is 0 Å². The first kappa shape index (κ1) is 21.0. The third kappa shape index (κ3) is 4.77. The smallest absolute Gasteiger partial charge is 0.328 e. The van der Waals surface area contributed by atoms with E-state index in [1.807, 2.05) is 18.2 Å². The van der Waals surface area contributed by atoms with Crippen LogP contribution in [-0.4, -0.2) is 35.5 Å². The fraction of sp³-hybridized carbons (Fsp3) is 0.318. The topological polar surface area (TPSA) is 97.3 Å². The molecule has 3 aromatic rings. The number of rotatable bonds is 6. The first-order valence-electron chi connectivity index (χ1n) is 10.1. The summed E-state index contributed by atoms with van der Waals surface area (Å²) in [6.45, 7) is 7.16. The summed E-state index contributed by atoms with van der Waals surface area (Å²) >= 11 is 0. The molecule has 0 saturated carbocycles. The Morgan fingerprint density at radius 1 is 1.00 bits per heavy atom. The summed E-state index contributed by atoms with van der Waals surface area (Å²) < 4.78 is 33.9. The summed E-state index contributed by atoms with van der Waals surface area (Å²) in [6.07, 6.45) is 0.971. The highest BCUT2D eigenvalue weighted by Gasteiger charge is 2.38. The van der Waals surface area contributed by atoms with Gasteiger partial charge in [-0.05, 0) is 50.5 Å². The van der Waals surface area contributed by atoms with Crippen LogP contribution < -0.4 is 14.4 Å². The monoisotopic (exact) mass is 439 g/mol. The van der Waals surface area contributed by atoms with E-state index in [1.54, 1.807) is 30.3 Å². The van der Waals surface area contributed by atoms with Crippen molar-refractivity contribution >= 4 is 21.9 Å². The molecule has 9 heteroatoms. The van der Waals surface area contributed by atoms with Crippen molar-refractivity contribution < 1.29 is 13.2 Å². The molecule has 2 heterocycles. The lowest BCUT2D eigenvalue weighted by molar-refractivity contribution is 0.436. The van der Waals surface area contributed by atoms with Crippen LogP contribution in [0, 0.1) is 5.92 Å². The summed E-state index contributed by atoms with van der Waals surface area (Å²) in [6, 6.07) is 17.2. The van der Waals surface area contributed by atoms with Gasteiger partial charge in [0.05, 0.1) is 4.90 Å². The zero-order chi connectivity index (χ0) is 22.1. The molecular weight excluding hydrogens is 414 g/mol. The Morgan fingerprint density at radius 2 is 1.65 bits per heavy atom. The van der Waals surface area contributed by atoms with Crippen molar-refractivity contribution in [3.63, 3.8) is 0 Å². The van der Waals surface area contributed by atoms with Crippen LogP contribution >= 0.6 is 0 Å². The molecule has 4 rings (SSSR count). The molecule has 1 aromatic heterocycles. The Bertz CT molecular complexity index is 1150. The molecular formula is C22H25N5O3S. The van der Waals surface area contributed by atoms with Crippen molar-refractivity contribution in [2.24, 2.45) is 5.92 Å². The average Bonchev–Trinajstić information content (AvgIpc) is 3.01. The van der Waals surface area contributed by atoms with E-state index in [4.69, 9.17) is 4.74 Å². The standard InChI is InChI=1S/C22H25N5O3S/c1-16-14-22(2,3)27(15-16)20-23-19(26-31(28,29)18-12-8-5-9-13-18)24-21(25-20)30-17-10-6-4-7-11-17/h4-13,16H,14-15H2,1-3H3,(H,23,24,25,26). The molecule has 0 radical (unpaired) electrons. The highest BCUT2D eigenvalue weighted by molar-refractivity contribution is 7.92. The first-order chi connectivity index (χ1) is 14.7. The lowest BCUT2D eigenvalue weighted by atomic mass is 9.98. The van der Waals surface area contributed by atoms with Gasteiger partial charge < -0.3 is 9.64 Å². The summed E-state index contributed by atoms with van der Waals surface area (Å²) in [4.78, 5) is 15.3. The molecule has 1 saturated heterocycles. The Balaban J connectivity index is 1.73. The average molecular weight is 440 g/mol. The van der Waals surface area contributed by atoms with Crippen molar-refractivity contribution in [3.8, 4) is 11.8 Å². The predicted molar refractivity (Wildman–Crippen MR) is 119 cm³/mol. The first-order valence-corrected chi connectivity index (χ1v) is 11.6. The van der Waals surface area contributed by atoms with E-state index in [9.17, 15) is 8.42 Å². The normalized spacial score (nSPS) is 18.0. The van der Waals surface area contributed by atoms with Gasteiger partial charge in [-0.2, -0.15) is 15.0 Å². The van der Waals surface area contributed by atoms with E-state index in [0.29, 0.717) is 17.6 Å². The number of para-hydroxylation sites is 1. The van der Waals surface area contributed by atoms with Gasteiger partial charge in [-0.25, -0.2) is 13.1 Å². The second-order valence-electron chi connectivity index (χ2n) is 8.31. The van der Waals surface area contributed by atoms with Crippen LogP contribution in [0.25, 0.3) is 0 Å². The molecule has 31 heavy (non-hydrogen) atoms. The maximum absolute atomic E-state index is 12.8. The molecule has 162 valence electrons. The molecule has 0 aliphatic carbocycles. The van der Waals surface area contributed by atoms with Gasteiger partial charge >= 0.3 is 6.01 Å². The van der Waals surface area contributed by atoms with Gasteiger partial charge in [0.2, 0.25) is 11.9 Å². The van der Waals surface area contributed by atoms with Crippen molar-refractivity contribution in [1.29, 1.82) is 0 Å². The molecule has 0 amide bonds. The number of hydrogen-bond acceptors (Lipinski definition) is 7. The zero-order valence-corrected chi connectivity index (χ0v) is 18.5. The maximum Gasteiger partial charge on any atom is 0.328 e. The number of nitrogens with zero attached hydrogens (tertiary/aromatic N) is 4. The number of aromatic nitrogens is 3. The molecule has 0 bridgehead atoms. The second kappa shape index (κ2) is 8.14. The summed E-state index contributed by atoms with van der Waals surface area (Å²) in [5.74, 6) is 1.29. The minimum absolute atomic E-state index is 0.0253. The van der Waals surface area contributed by atoms with Crippen LogP contribution in [0.1, 0.15) is 27.2 Å². The highest BCUT2D eigenvalue weighted by atomic mass is 32.2.